The van der Waals surface area contributed by atoms with Crippen molar-refractivity contribution in [2.24, 2.45) is 5.73 Å². The van der Waals surface area contributed by atoms with Crippen LogP contribution in [0.25, 0.3) is 0 Å². The van der Waals surface area contributed by atoms with Gasteiger partial charge in [-0.3, -0.25) is 5.32 Å². The highest BCUT2D eigenvalue weighted by Gasteiger charge is 1.85. The van der Waals surface area contributed by atoms with Crippen molar-refractivity contribution in [3.8, 4) is 0 Å². The van der Waals surface area contributed by atoms with Crippen LogP contribution in [0.5, 0.6) is 0 Å². The van der Waals surface area contributed by atoms with E-state index in [1.807, 2.05) is 0 Å². The van der Waals surface area contributed by atoms with E-state index in [2.05, 4.69) is 22.3 Å². The summed E-state index contributed by atoms with van der Waals surface area (Å²) in [6.45, 7) is 1.14. The van der Waals surface area contributed by atoms with Gasteiger partial charge in [0.1, 0.15) is 0 Å². The molecule has 0 aromatic rings. The summed E-state index contributed by atoms with van der Waals surface area (Å²) < 4.78 is 4.68. The zero-order chi connectivity index (χ0) is 6.41. The number of nitrogens with zero attached hydrogens (tertiary/aromatic N) is 1. The second kappa shape index (κ2) is 4.80. The van der Waals surface area contributed by atoms with E-state index in [0.717, 1.165) is 0 Å². The maximum absolute atomic E-state index is 5.04. The van der Waals surface area contributed by atoms with Gasteiger partial charge in [-0.2, -0.15) is 0 Å². The van der Waals surface area contributed by atoms with Crippen LogP contribution in [0.1, 0.15) is 0 Å². The van der Waals surface area contributed by atoms with Crippen molar-refractivity contribution in [3.63, 3.8) is 0 Å². The summed E-state index contributed by atoms with van der Waals surface area (Å²) in [5.41, 5.74) is 5.04. The first-order valence-electron chi connectivity index (χ1n) is 2.23. The molecule has 0 aromatic heterocycles. The number of methoxy groups -OCH3 is 1. The Balaban J connectivity index is 2.82. The van der Waals surface area contributed by atoms with Crippen LogP contribution in [0.15, 0.2) is 0 Å². The third-order valence-corrected chi connectivity index (χ3v) is 0.692. The molecule has 0 fully saturated rings. The average Bonchev–Trinajstić information content (AvgIpc) is 1.66. The molecule has 8 heavy (non-hydrogen) atoms. The Morgan fingerprint density at radius 1 is 1.88 bits per heavy atom. The fourth-order valence-electron chi connectivity index (χ4n) is 0.247. The van der Waals surface area contributed by atoms with Crippen molar-refractivity contribution in [2.75, 3.05) is 20.3 Å². The molecule has 2 N–H and O–H groups in total. The number of nitrogens with two attached hydrogens (primary N) is 1. The van der Waals surface area contributed by atoms with E-state index in [-0.39, 0.29) is 5.11 Å². The Kier molecular flexibility index (Phi) is 4.59. The summed E-state index contributed by atoms with van der Waals surface area (Å²) in [6, 6.07) is 0. The van der Waals surface area contributed by atoms with Gasteiger partial charge in [-0.1, -0.05) is 0 Å². The topological polar surface area (TPSA) is 49.4 Å². The van der Waals surface area contributed by atoms with Crippen LogP contribution in [0.2, 0.25) is 0 Å². The Morgan fingerprint density at radius 2 is 2.50 bits per heavy atom. The monoisotopic (exact) mass is 133 g/mol. The molecule has 0 saturated heterocycles. The molecule has 3 nitrogen and oxygen atoms in total. The van der Waals surface area contributed by atoms with E-state index >= 15 is 0 Å². The fourth-order valence-corrected chi connectivity index (χ4v) is 0.338. The predicted molar refractivity (Wildman–Crippen MR) is 35.7 cm³/mol. The van der Waals surface area contributed by atoms with E-state index < -0.39 is 0 Å². The molecule has 1 radical (unpaired) electrons. The van der Waals surface area contributed by atoms with Crippen molar-refractivity contribution in [3.05, 3.63) is 0 Å². The van der Waals surface area contributed by atoms with Crippen LogP contribution >= 0.6 is 12.2 Å². The summed E-state index contributed by atoms with van der Waals surface area (Å²) in [6.07, 6.45) is 0. The summed E-state index contributed by atoms with van der Waals surface area (Å²) in [4.78, 5) is 0. The van der Waals surface area contributed by atoms with Crippen LogP contribution < -0.4 is 11.1 Å². The van der Waals surface area contributed by atoms with Crippen LogP contribution in [0.3, 0.4) is 0 Å². The van der Waals surface area contributed by atoms with Gasteiger partial charge in [0.2, 0.25) is 0 Å². The first-order chi connectivity index (χ1) is 3.77. The van der Waals surface area contributed by atoms with Crippen molar-refractivity contribution < 1.29 is 4.74 Å². The summed E-state index contributed by atoms with van der Waals surface area (Å²) in [7, 11) is 1.61. The molecule has 0 rings (SSSR count). The second-order valence-corrected chi connectivity index (χ2v) is 1.63. The predicted octanol–water partition coefficient (Wildman–Crippen LogP) is -0.519. The summed E-state index contributed by atoms with van der Waals surface area (Å²) in [5, 5.41) is 3.89. The molecule has 0 heterocycles. The molecular formula is C4H9N2OS. The molecule has 0 spiro atoms. The molecule has 0 aromatic carbocycles. The Morgan fingerprint density at radius 3 is 2.88 bits per heavy atom. The molecule has 4 heteroatoms. The van der Waals surface area contributed by atoms with Gasteiger partial charge in [0.05, 0.1) is 13.2 Å². The number of hydrogen-bond acceptors (Lipinski definition) is 2. The van der Waals surface area contributed by atoms with E-state index in [0.29, 0.717) is 13.2 Å². The minimum atomic E-state index is 0.196. The second-order valence-electron chi connectivity index (χ2n) is 1.21. The smallest absolute Gasteiger partial charge is 0.185 e. The number of ether oxygens (including phenoxy) is 1. The first kappa shape index (κ1) is 7.65. The van der Waals surface area contributed by atoms with Gasteiger partial charge in [-0.25, -0.2) is 0 Å². The molecule has 0 bridgehead atoms. The van der Waals surface area contributed by atoms with Crippen molar-refractivity contribution >= 4 is 17.3 Å². The van der Waals surface area contributed by atoms with Crippen LogP contribution in [-0.2, 0) is 4.74 Å². The Labute approximate surface area is 54.2 Å². The lowest BCUT2D eigenvalue weighted by atomic mass is 10.7. The summed E-state index contributed by atoms with van der Waals surface area (Å²) >= 11 is 4.46. The largest absolute Gasteiger partial charge is 0.383 e. The highest BCUT2D eigenvalue weighted by Crippen LogP contribution is 1.65. The average molecular weight is 133 g/mol. The van der Waals surface area contributed by atoms with E-state index in [9.17, 15) is 0 Å². The van der Waals surface area contributed by atoms with E-state index in [1.54, 1.807) is 7.11 Å². The molecule has 0 aliphatic rings. The van der Waals surface area contributed by atoms with Crippen LogP contribution in [-0.4, -0.2) is 25.4 Å². The molecule has 0 atom stereocenters. The van der Waals surface area contributed by atoms with Gasteiger partial charge in [0.15, 0.2) is 5.11 Å². The van der Waals surface area contributed by atoms with E-state index in [4.69, 9.17) is 5.73 Å². The normalized spacial score (nSPS) is 8.62. The standard InChI is InChI=1S/C4H9N2OS/c1-7-3-2-6-4(5)8/h2-3H2,1H3,(H2,5,8). The number of hydrogen-bond donors (Lipinski definition) is 1. The lowest BCUT2D eigenvalue weighted by molar-refractivity contribution is 0.203. The number of thiocarbonyl (C=S) groups is 1. The van der Waals surface area contributed by atoms with Crippen molar-refractivity contribution in [1.82, 2.24) is 5.32 Å². The lowest BCUT2D eigenvalue weighted by Crippen LogP contribution is -2.24. The minimum Gasteiger partial charge on any atom is -0.383 e. The highest BCUT2D eigenvalue weighted by atomic mass is 32.1. The minimum absolute atomic E-state index is 0.196. The molecule has 0 aliphatic heterocycles. The third kappa shape index (κ3) is 5.65. The van der Waals surface area contributed by atoms with Gasteiger partial charge < -0.3 is 10.5 Å². The van der Waals surface area contributed by atoms with E-state index in [1.165, 1.54) is 0 Å². The van der Waals surface area contributed by atoms with Crippen LogP contribution in [0, 0.1) is 0 Å². The van der Waals surface area contributed by atoms with Gasteiger partial charge in [-0.15, -0.1) is 0 Å². The van der Waals surface area contributed by atoms with Crippen molar-refractivity contribution in [2.45, 2.75) is 0 Å². The zero-order valence-electron chi connectivity index (χ0n) is 4.76. The maximum atomic E-state index is 5.04. The highest BCUT2D eigenvalue weighted by molar-refractivity contribution is 7.80. The van der Waals surface area contributed by atoms with Gasteiger partial charge in [0, 0.05) is 7.11 Å². The molecular weight excluding hydrogens is 124 g/mol. The third-order valence-electron chi connectivity index (χ3n) is 0.563. The lowest BCUT2D eigenvalue weighted by Gasteiger charge is -1.96. The van der Waals surface area contributed by atoms with Crippen LogP contribution in [0.4, 0.5) is 0 Å². The zero-order valence-corrected chi connectivity index (χ0v) is 5.57. The summed E-state index contributed by atoms with van der Waals surface area (Å²) in [5.74, 6) is 0. The SMILES string of the molecule is COCC[N]C(N)=S. The number of rotatable bonds is 3. The van der Waals surface area contributed by atoms with Gasteiger partial charge in [0.25, 0.3) is 0 Å². The fraction of sp³-hybridized carbons (Fsp3) is 0.750. The molecule has 0 amide bonds. The van der Waals surface area contributed by atoms with Crippen molar-refractivity contribution in [1.29, 1.82) is 0 Å². The quantitative estimate of drug-likeness (QED) is 0.416. The maximum Gasteiger partial charge on any atom is 0.185 e. The molecule has 0 unspecified atom stereocenters. The Bertz CT molecular complexity index is 76.4. The Hall–Kier alpha value is -0.350. The van der Waals surface area contributed by atoms with Gasteiger partial charge in [-0.05, 0) is 12.2 Å². The van der Waals surface area contributed by atoms with Gasteiger partial charge >= 0.3 is 0 Å². The first-order valence-corrected chi connectivity index (χ1v) is 2.64. The molecule has 0 saturated carbocycles. The molecule has 0 aliphatic carbocycles. The molecule has 47 valence electrons.